The van der Waals surface area contributed by atoms with Gasteiger partial charge in [0.15, 0.2) is 6.67 Å². The molecule has 0 saturated carbocycles. The summed E-state index contributed by atoms with van der Waals surface area (Å²) >= 11 is 0. The maximum atomic E-state index is 4.07. The van der Waals surface area contributed by atoms with Crippen molar-refractivity contribution in [3.8, 4) is 0 Å². The van der Waals surface area contributed by atoms with Crippen LogP contribution in [0.4, 0.5) is 0 Å². The van der Waals surface area contributed by atoms with Crippen molar-refractivity contribution in [2.75, 3.05) is 6.67 Å². The average Bonchev–Trinajstić information content (AvgIpc) is 1.98. The van der Waals surface area contributed by atoms with Crippen molar-refractivity contribution in [2.24, 2.45) is 20.0 Å². The van der Waals surface area contributed by atoms with E-state index in [4.69, 9.17) is 0 Å². The Balaban J connectivity index is 4.11. The SMILES string of the molecule is CC(C)(C)N=C=NCN=C=NC(C)(C)C. The fourth-order valence-electron chi connectivity index (χ4n) is 0.469. The van der Waals surface area contributed by atoms with E-state index in [9.17, 15) is 0 Å². The van der Waals surface area contributed by atoms with E-state index in [1.165, 1.54) is 0 Å². The van der Waals surface area contributed by atoms with Gasteiger partial charge < -0.3 is 0 Å². The van der Waals surface area contributed by atoms with Gasteiger partial charge in [0.05, 0.1) is 23.1 Å². The molecule has 0 heterocycles. The molecule has 0 unspecified atom stereocenters. The van der Waals surface area contributed by atoms with Gasteiger partial charge in [-0.1, -0.05) is 0 Å². The first kappa shape index (κ1) is 13.8. The Morgan fingerprint density at radius 2 is 1.07 bits per heavy atom. The van der Waals surface area contributed by atoms with Gasteiger partial charge in [0.1, 0.15) is 0 Å². The summed E-state index contributed by atoms with van der Waals surface area (Å²) in [5.41, 5.74) is -0.264. The Labute approximate surface area is 92.0 Å². The number of aliphatic imine (C=N–C) groups is 4. The second-order valence-corrected chi connectivity index (χ2v) is 5.22. The van der Waals surface area contributed by atoms with E-state index in [2.05, 4.69) is 32.0 Å². The second kappa shape index (κ2) is 5.59. The molecule has 4 nitrogen and oxygen atoms in total. The minimum absolute atomic E-state index is 0.132. The highest BCUT2D eigenvalue weighted by atomic mass is 15.0. The Hall–Kier alpha value is -1.24. The lowest BCUT2D eigenvalue weighted by molar-refractivity contribution is 0.586. The molecular formula is C11H20N4. The van der Waals surface area contributed by atoms with Gasteiger partial charge in [0.2, 0.25) is 0 Å². The van der Waals surface area contributed by atoms with Gasteiger partial charge in [-0.3, -0.25) is 0 Å². The van der Waals surface area contributed by atoms with Gasteiger partial charge in [0.25, 0.3) is 0 Å². The summed E-state index contributed by atoms with van der Waals surface area (Å²) in [6, 6.07) is 5.20. The van der Waals surface area contributed by atoms with Crippen LogP contribution in [-0.2, 0) is 0 Å². The Bertz CT molecular complexity index is 270. The van der Waals surface area contributed by atoms with Crippen molar-refractivity contribution in [3.63, 3.8) is 0 Å². The quantitative estimate of drug-likeness (QED) is 0.627. The molecule has 15 heavy (non-hydrogen) atoms. The highest BCUT2D eigenvalue weighted by Gasteiger charge is 2.04. The van der Waals surface area contributed by atoms with E-state index in [1.54, 1.807) is 0 Å². The number of hydrogen-bond acceptors (Lipinski definition) is 4. The lowest BCUT2D eigenvalue weighted by atomic mass is 10.1. The predicted molar refractivity (Wildman–Crippen MR) is 64.1 cm³/mol. The number of nitrogens with zero attached hydrogens (tertiary/aromatic N) is 4. The van der Waals surface area contributed by atoms with Gasteiger partial charge in [0, 0.05) is 0 Å². The van der Waals surface area contributed by atoms with Crippen molar-refractivity contribution in [1.82, 2.24) is 0 Å². The molecular weight excluding hydrogens is 188 g/mol. The van der Waals surface area contributed by atoms with E-state index < -0.39 is 0 Å². The van der Waals surface area contributed by atoms with Crippen molar-refractivity contribution >= 4 is 12.0 Å². The van der Waals surface area contributed by atoms with Crippen molar-refractivity contribution in [1.29, 1.82) is 0 Å². The molecule has 84 valence electrons. The molecule has 4 heteroatoms. The fourth-order valence-corrected chi connectivity index (χ4v) is 0.469. The lowest BCUT2D eigenvalue weighted by Gasteiger charge is -2.06. The Morgan fingerprint density at radius 3 is 1.33 bits per heavy atom. The molecule has 0 fully saturated rings. The largest absolute Gasteiger partial charge is 0.220 e. The van der Waals surface area contributed by atoms with Gasteiger partial charge in [-0.15, -0.1) is 0 Å². The normalized spacial score (nSPS) is 11.1. The minimum atomic E-state index is -0.132. The van der Waals surface area contributed by atoms with Gasteiger partial charge in [-0.05, 0) is 41.5 Å². The van der Waals surface area contributed by atoms with E-state index in [0.29, 0.717) is 0 Å². The van der Waals surface area contributed by atoms with Crippen LogP contribution in [0.15, 0.2) is 20.0 Å². The molecule has 0 aliphatic carbocycles. The molecule has 0 aliphatic rings. The minimum Gasteiger partial charge on any atom is -0.220 e. The first-order valence-electron chi connectivity index (χ1n) is 4.97. The summed E-state index contributed by atoms with van der Waals surface area (Å²) < 4.78 is 0. The van der Waals surface area contributed by atoms with Crippen LogP contribution >= 0.6 is 0 Å². The third-order valence-electron chi connectivity index (χ3n) is 1.05. The number of hydrogen-bond donors (Lipinski definition) is 0. The zero-order chi connectivity index (χ0) is 11.9. The summed E-state index contributed by atoms with van der Waals surface area (Å²) in [5.74, 6) is 0. The molecule has 0 spiro atoms. The summed E-state index contributed by atoms with van der Waals surface area (Å²) in [4.78, 5) is 15.9. The summed E-state index contributed by atoms with van der Waals surface area (Å²) in [7, 11) is 0. The average molecular weight is 208 g/mol. The van der Waals surface area contributed by atoms with Crippen molar-refractivity contribution in [3.05, 3.63) is 0 Å². The topological polar surface area (TPSA) is 49.4 Å². The maximum Gasteiger partial charge on any atom is 0.151 e. The highest BCUT2D eigenvalue weighted by Crippen LogP contribution is 2.04. The monoisotopic (exact) mass is 208 g/mol. The van der Waals surface area contributed by atoms with E-state index in [0.717, 1.165) is 0 Å². The second-order valence-electron chi connectivity index (χ2n) is 5.22. The van der Waals surface area contributed by atoms with Crippen LogP contribution in [0.1, 0.15) is 41.5 Å². The summed E-state index contributed by atoms with van der Waals surface area (Å²) in [6.45, 7) is 12.2. The molecule has 0 bridgehead atoms. The van der Waals surface area contributed by atoms with Crippen molar-refractivity contribution < 1.29 is 0 Å². The van der Waals surface area contributed by atoms with E-state index in [-0.39, 0.29) is 17.7 Å². The third kappa shape index (κ3) is 12.8. The third-order valence-corrected chi connectivity index (χ3v) is 1.05. The Kier molecular flexibility index (Phi) is 5.13. The van der Waals surface area contributed by atoms with Crippen LogP contribution in [-0.4, -0.2) is 29.8 Å². The Morgan fingerprint density at radius 1 is 0.733 bits per heavy atom. The van der Waals surface area contributed by atoms with Crippen molar-refractivity contribution in [2.45, 2.75) is 52.6 Å². The van der Waals surface area contributed by atoms with Crippen LogP contribution in [0, 0.1) is 0 Å². The first-order chi connectivity index (χ1) is 6.71. The molecule has 0 aromatic heterocycles. The van der Waals surface area contributed by atoms with Crippen LogP contribution in [0.2, 0.25) is 0 Å². The predicted octanol–water partition coefficient (Wildman–Crippen LogP) is 2.89. The smallest absolute Gasteiger partial charge is 0.151 e. The summed E-state index contributed by atoms with van der Waals surface area (Å²) in [6.07, 6.45) is 0. The summed E-state index contributed by atoms with van der Waals surface area (Å²) in [5, 5.41) is 0. The van der Waals surface area contributed by atoms with E-state index in [1.807, 2.05) is 41.5 Å². The number of rotatable bonds is 2. The van der Waals surface area contributed by atoms with Gasteiger partial charge in [-0.2, -0.15) is 0 Å². The molecule has 0 saturated heterocycles. The zero-order valence-electron chi connectivity index (χ0n) is 10.5. The lowest BCUT2D eigenvalue weighted by Crippen LogP contribution is -2.08. The van der Waals surface area contributed by atoms with Crippen LogP contribution in [0.3, 0.4) is 0 Å². The molecule has 0 amide bonds. The molecule has 0 aliphatic heterocycles. The molecule has 0 aromatic carbocycles. The molecule has 0 N–H and O–H groups in total. The van der Waals surface area contributed by atoms with Crippen LogP contribution < -0.4 is 0 Å². The maximum absolute atomic E-state index is 4.07. The van der Waals surface area contributed by atoms with E-state index >= 15 is 0 Å². The van der Waals surface area contributed by atoms with Crippen LogP contribution in [0.5, 0.6) is 0 Å². The van der Waals surface area contributed by atoms with Crippen LogP contribution in [0.25, 0.3) is 0 Å². The zero-order valence-corrected chi connectivity index (χ0v) is 10.5. The fraction of sp³-hybridized carbons (Fsp3) is 0.818. The van der Waals surface area contributed by atoms with Gasteiger partial charge in [-0.25, -0.2) is 20.0 Å². The molecule has 0 radical (unpaired) electrons. The highest BCUT2D eigenvalue weighted by molar-refractivity contribution is 5.44. The molecule has 0 aromatic rings. The molecule has 0 atom stereocenters. The van der Waals surface area contributed by atoms with Gasteiger partial charge >= 0.3 is 0 Å². The molecule has 0 rings (SSSR count). The standard InChI is InChI=1S/C11H20N4/c1-10(2,3)14-8-12-7-13-9-15-11(4,5)6/h7H2,1-6H3. The first-order valence-corrected chi connectivity index (χ1v) is 4.97.